The largest absolute Gasteiger partial charge is 0.484 e. The number of imide groups is 1. The van der Waals surface area contributed by atoms with Crippen molar-refractivity contribution in [3.05, 3.63) is 64.5 Å². The highest BCUT2D eigenvalue weighted by molar-refractivity contribution is 6.32. The van der Waals surface area contributed by atoms with Crippen molar-refractivity contribution in [3.63, 3.8) is 0 Å². The number of hydrogen-bond donors (Lipinski definition) is 0. The number of anilines is 1. The number of terminal acetylenes is 1. The molecule has 1 atom stereocenters. The fourth-order valence-electron chi connectivity index (χ4n) is 3.71. The fourth-order valence-corrected chi connectivity index (χ4v) is 3.91. The number of methoxy groups -OCH3 is 1. The average Bonchev–Trinajstić information content (AvgIpc) is 2.89. The molecule has 0 radical (unpaired) electrons. The molecule has 0 aromatic heterocycles. The number of halogens is 2. The van der Waals surface area contributed by atoms with E-state index in [1.54, 1.807) is 37.3 Å². The molecule has 0 spiro atoms. The van der Waals surface area contributed by atoms with Gasteiger partial charge in [0.1, 0.15) is 17.3 Å². The molecule has 7 nitrogen and oxygen atoms in total. The van der Waals surface area contributed by atoms with Crippen molar-refractivity contribution >= 4 is 35.1 Å². The summed E-state index contributed by atoms with van der Waals surface area (Å²) in [5.41, 5.74) is -0.176. The summed E-state index contributed by atoms with van der Waals surface area (Å²) in [7, 11) is 1.21. The van der Waals surface area contributed by atoms with Crippen molar-refractivity contribution in [2.75, 3.05) is 18.6 Å². The molecule has 1 unspecified atom stereocenters. The Kier molecular flexibility index (Phi) is 9.09. The molecule has 0 heterocycles. The molecule has 188 valence electrons. The first kappa shape index (κ1) is 26.8. The lowest BCUT2D eigenvalue weighted by molar-refractivity contribution is -0.137. The Bertz CT molecular complexity index is 1220. The topological polar surface area (TPSA) is 82.1 Å². The van der Waals surface area contributed by atoms with E-state index < -0.39 is 42.0 Å². The molecular formula is C27H25ClFNO6. The van der Waals surface area contributed by atoms with Crippen molar-refractivity contribution < 1.29 is 33.0 Å². The molecule has 0 saturated carbocycles. The van der Waals surface area contributed by atoms with E-state index in [-0.39, 0.29) is 28.3 Å². The third kappa shape index (κ3) is 6.23. The zero-order valence-electron chi connectivity index (χ0n) is 19.9. The van der Waals surface area contributed by atoms with Gasteiger partial charge in [-0.3, -0.25) is 9.59 Å². The van der Waals surface area contributed by atoms with Crippen LogP contribution in [-0.4, -0.2) is 37.6 Å². The number of carbonyl (C=O) groups is 3. The van der Waals surface area contributed by atoms with Crippen LogP contribution in [0.25, 0.3) is 0 Å². The molecule has 36 heavy (non-hydrogen) atoms. The van der Waals surface area contributed by atoms with Gasteiger partial charge in [-0.2, -0.15) is 0 Å². The average molecular weight is 514 g/mol. The number of esters is 1. The highest BCUT2D eigenvalue weighted by atomic mass is 35.5. The van der Waals surface area contributed by atoms with Crippen molar-refractivity contribution in [1.29, 1.82) is 0 Å². The molecule has 0 fully saturated rings. The summed E-state index contributed by atoms with van der Waals surface area (Å²) >= 11 is 6.12. The van der Waals surface area contributed by atoms with Gasteiger partial charge in [-0.1, -0.05) is 35.7 Å². The van der Waals surface area contributed by atoms with Crippen LogP contribution in [0.15, 0.2) is 53.6 Å². The van der Waals surface area contributed by atoms with E-state index in [4.69, 9.17) is 32.2 Å². The molecule has 0 saturated heterocycles. The fraction of sp³-hybridized carbons (Fsp3) is 0.296. The van der Waals surface area contributed by atoms with Gasteiger partial charge in [0, 0.05) is 17.2 Å². The van der Waals surface area contributed by atoms with E-state index >= 15 is 4.39 Å². The summed E-state index contributed by atoms with van der Waals surface area (Å²) in [5.74, 6) is -0.597. The molecule has 0 bridgehead atoms. The number of hydrogen-bond acceptors (Lipinski definition) is 6. The van der Waals surface area contributed by atoms with Crippen molar-refractivity contribution in [2.45, 2.75) is 38.7 Å². The van der Waals surface area contributed by atoms with Crippen LogP contribution in [0.3, 0.4) is 0 Å². The summed E-state index contributed by atoms with van der Waals surface area (Å²) in [6.45, 7) is 1.01. The van der Waals surface area contributed by atoms with E-state index in [1.165, 1.54) is 7.11 Å². The number of para-hydroxylation sites is 1. The van der Waals surface area contributed by atoms with E-state index in [2.05, 4.69) is 5.92 Å². The number of benzene rings is 2. The lowest BCUT2D eigenvalue weighted by Crippen LogP contribution is -2.42. The number of rotatable bonds is 8. The van der Waals surface area contributed by atoms with Gasteiger partial charge < -0.3 is 14.2 Å². The first-order valence-electron chi connectivity index (χ1n) is 11.2. The maximum absolute atomic E-state index is 15.2. The van der Waals surface area contributed by atoms with E-state index in [0.29, 0.717) is 29.9 Å². The van der Waals surface area contributed by atoms with Crippen molar-refractivity contribution in [1.82, 2.24) is 0 Å². The summed E-state index contributed by atoms with van der Waals surface area (Å²) in [4.78, 5) is 40.1. The quantitative estimate of drug-likeness (QED) is 0.370. The van der Waals surface area contributed by atoms with Crippen LogP contribution in [0.2, 0.25) is 5.02 Å². The molecule has 1 aliphatic carbocycles. The van der Waals surface area contributed by atoms with Gasteiger partial charge in [0.25, 0.3) is 11.8 Å². The number of amides is 2. The van der Waals surface area contributed by atoms with Crippen LogP contribution in [0.4, 0.5) is 10.1 Å². The predicted molar refractivity (Wildman–Crippen MR) is 132 cm³/mol. The maximum Gasteiger partial charge on any atom is 0.334 e. The van der Waals surface area contributed by atoms with Crippen LogP contribution in [-0.2, 0) is 19.1 Å². The van der Waals surface area contributed by atoms with Gasteiger partial charge >= 0.3 is 5.97 Å². The van der Waals surface area contributed by atoms with Crippen LogP contribution in [0.1, 0.15) is 32.6 Å². The molecule has 9 heteroatoms. The maximum atomic E-state index is 15.2. The molecule has 2 amide bonds. The minimum absolute atomic E-state index is 0.0149. The van der Waals surface area contributed by atoms with Gasteiger partial charge in [-0.05, 0) is 50.8 Å². The molecule has 2 aromatic carbocycles. The third-order valence-corrected chi connectivity index (χ3v) is 5.79. The Morgan fingerprint density at radius 2 is 1.81 bits per heavy atom. The number of ether oxygens (including phenoxy) is 3. The van der Waals surface area contributed by atoms with E-state index in [9.17, 15) is 14.4 Å². The normalized spacial score (nSPS) is 13.9. The molecule has 1 aliphatic rings. The number of carbonyl (C=O) groups excluding carboxylic acids is 3. The summed E-state index contributed by atoms with van der Waals surface area (Å²) < 4.78 is 31.1. The second-order valence-electron chi connectivity index (χ2n) is 7.95. The Labute approximate surface area is 213 Å². The molecule has 3 rings (SSSR count). The first-order valence-corrected chi connectivity index (χ1v) is 11.6. The predicted octanol–water partition coefficient (Wildman–Crippen LogP) is 4.86. The molecular weight excluding hydrogens is 489 g/mol. The summed E-state index contributed by atoms with van der Waals surface area (Å²) in [5, 5.41) is -0.0918. The van der Waals surface area contributed by atoms with Crippen LogP contribution in [0.5, 0.6) is 11.5 Å². The Hall–Kier alpha value is -3.83. The monoisotopic (exact) mass is 513 g/mol. The highest BCUT2D eigenvalue weighted by Crippen LogP contribution is 2.35. The second-order valence-corrected chi connectivity index (χ2v) is 8.36. The second kappa shape index (κ2) is 12.2. The minimum Gasteiger partial charge on any atom is -0.484 e. The lowest BCUT2D eigenvalue weighted by Gasteiger charge is -2.26. The van der Waals surface area contributed by atoms with Gasteiger partial charge in [0.05, 0.1) is 17.8 Å². The smallest absolute Gasteiger partial charge is 0.334 e. The molecule has 0 aliphatic heterocycles. The molecule has 2 aromatic rings. The minimum atomic E-state index is -0.946. The SMILES string of the molecule is C#CC(C)Oc1cc(N(C(=O)COc2ccccc2)C(=O)C2=C(C(=O)OC)CCCC2)c(F)cc1Cl. The Morgan fingerprint density at radius 3 is 2.44 bits per heavy atom. The standard InChI is InChI=1S/C27H25ClFNO6/c1-4-17(2)36-24-15-23(22(29)14-21(24)28)30(25(31)16-35-18-10-6-5-7-11-18)26(32)19-12-8-9-13-20(19)27(33)34-3/h1,5-7,10-11,14-15,17H,8-9,12-13,16H2,2-3H3. The zero-order valence-corrected chi connectivity index (χ0v) is 20.6. The van der Waals surface area contributed by atoms with E-state index in [1.807, 2.05) is 0 Å². The Balaban J connectivity index is 2.08. The van der Waals surface area contributed by atoms with E-state index in [0.717, 1.165) is 12.1 Å². The van der Waals surface area contributed by atoms with Crippen molar-refractivity contribution in [3.8, 4) is 23.8 Å². The van der Waals surface area contributed by atoms with Gasteiger partial charge in [0.15, 0.2) is 12.7 Å². The van der Waals surface area contributed by atoms with Crippen LogP contribution >= 0.6 is 11.6 Å². The lowest BCUT2D eigenvalue weighted by atomic mass is 9.90. The first-order chi connectivity index (χ1) is 17.3. The van der Waals surface area contributed by atoms with Crippen LogP contribution in [0, 0.1) is 18.2 Å². The summed E-state index contributed by atoms with van der Waals surface area (Å²) in [6.07, 6.45) is 6.46. The Morgan fingerprint density at radius 1 is 1.14 bits per heavy atom. The highest BCUT2D eigenvalue weighted by Gasteiger charge is 2.34. The third-order valence-electron chi connectivity index (χ3n) is 5.50. The molecule has 0 N–H and O–H groups in total. The van der Waals surface area contributed by atoms with Crippen molar-refractivity contribution in [2.24, 2.45) is 0 Å². The number of nitrogens with zero attached hydrogens (tertiary/aromatic N) is 1. The van der Waals surface area contributed by atoms with Gasteiger partial charge in [-0.25, -0.2) is 14.1 Å². The van der Waals surface area contributed by atoms with Crippen LogP contribution < -0.4 is 14.4 Å². The zero-order chi connectivity index (χ0) is 26.2. The van der Waals surface area contributed by atoms with Gasteiger partial charge in [0.2, 0.25) is 0 Å². The summed E-state index contributed by atoms with van der Waals surface area (Å²) in [6, 6.07) is 10.5. The van der Waals surface area contributed by atoms with Gasteiger partial charge in [-0.15, -0.1) is 6.42 Å².